The summed E-state index contributed by atoms with van der Waals surface area (Å²) in [4.78, 5) is 28.9. The molecule has 0 aromatic carbocycles. The van der Waals surface area contributed by atoms with Gasteiger partial charge in [-0.25, -0.2) is 19.9 Å². The Morgan fingerprint density at radius 3 is 2.42 bits per heavy atom. The minimum Gasteiger partial charge on any atom is -0.368 e. The predicted octanol–water partition coefficient (Wildman–Crippen LogP) is 2.87. The molecule has 1 aliphatic rings. The highest BCUT2D eigenvalue weighted by Crippen LogP contribution is 2.36. The number of nitrogens with zero attached hydrogens (tertiary/aromatic N) is 8. The van der Waals surface area contributed by atoms with Crippen molar-refractivity contribution in [2.45, 2.75) is 38.5 Å². The van der Waals surface area contributed by atoms with Crippen LogP contribution in [0.1, 0.15) is 44.5 Å². The van der Waals surface area contributed by atoms with Crippen molar-refractivity contribution in [2.24, 2.45) is 0 Å². The van der Waals surface area contributed by atoms with Crippen molar-refractivity contribution in [2.75, 3.05) is 36.8 Å². The molecule has 0 aliphatic carbocycles. The van der Waals surface area contributed by atoms with E-state index in [-0.39, 0.29) is 5.95 Å². The maximum Gasteiger partial charge on any atom is 0.278 e. The molecule has 0 spiro atoms. The quantitative estimate of drug-likeness (QED) is 0.379. The van der Waals surface area contributed by atoms with Crippen molar-refractivity contribution < 1.29 is 4.52 Å². The van der Waals surface area contributed by atoms with E-state index in [4.69, 9.17) is 15.2 Å². The summed E-state index contributed by atoms with van der Waals surface area (Å²) in [7, 11) is 0. The average molecular weight is 487 g/mol. The van der Waals surface area contributed by atoms with E-state index in [9.17, 15) is 0 Å². The Morgan fingerprint density at radius 2 is 1.75 bits per heavy atom. The molecule has 0 unspecified atom stereocenters. The second-order valence-electron chi connectivity index (χ2n) is 9.12. The summed E-state index contributed by atoms with van der Waals surface area (Å²) in [5.41, 5.74) is 8.26. The first-order chi connectivity index (χ1) is 17.6. The van der Waals surface area contributed by atoms with E-state index in [1.807, 2.05) is 18.3 Å². The van der Waals surface area contributed by atoms with Gasteiger partial charge in [0.1, 0.15) is 11.5 Å². The van der Waals surface area contributed by atoms with E-state index in [0.717, 1.165) is 68.1 Å². The number of nitrogens with one attached hydrogen (secondary N) is 1. The second kappa shape index (κ2) is 10.3. The third-order valence-electron chi connectivity index (χ3n) is 6.62. The Labute approximate surface area is 209 Å². The zero-order valence-electron chi connectivity index (χ0n) is 20.6. The molecule has 5 heterocycles. The van der Waals surface area contributed by atoms with Crippen LogP contribution in [-0.2, 0) is 5.41 Å². The van der Waals surface area contributed by atoms with Gasteiger partial charge < -0.3 is 20.5 Å². The van der Waals surface area contributed by atoms with Crippen molar-refractivity contribution in [1.29, 1.82) is 0 Å². The number of nitrogens with two attached hydrogens (primary N) is 1. The van der Waals surface area contributed by atoms with E-state index < -0.39 is 5.41 Å². The molecule has 0 amide bonds. The first kappa shape index (κ1) is 23.7. The lowest BCUT2D eigenvalue weighted by Gasteiger charge is -2.27. The van der Waals surface area contributed by atoms with Crippen molar-refractivity contribution in [1.82, 2.24) is 40.4 Å². The molecule has 0 bridgehead atoms. The fraction of sp³-hybridized carbons (Fsp3) is 0.400. The summed E-state index contributed by atoms with van der Waals surface area (Å²) in [6.07, 6.45) is 11.6. The molecule has 3 N–H and O–H groups in total. The first-order valence-corrected chi connectivity index (χ1v) is 12.2. The molecule has 11 heteroatoms. The number of hydrogen-bond donors (Lipinski definition) is 2. The van der Waals surface area contributed by atoms with Crippen LogP contribution in [0.25, 0.3) is 22.8 Å². The van der Waals surface area contributed by atoms with Crippen LogP contribution in [0.3, 0.4) is 0 Å². The van der Waals surface area contributed by atoms with Crippen LogP contribution in [0.5, 0.6) is 0 Å². The molecule has 5 rings (SSSR count). The van der Waals surface area contributed by atoms with Crippen LogP contribution >= 0.6 is 0 Å². The van der Waals surface area contributed by atoms with Crippen LogP contribution in [0, 0.1) is 0 Å². The van der Waals surface area contributed by atoms with Gasteiger partial charge in [-0.05, 0) is 25.0 Å². The Balaban J connectivity index is 1.40. The number of rotatable bonds is 8. The topological polar surface area (TPSA) is 145 Å². The van der Waals surface area contributed by atoms with Gasteiger partial charge in [0.2, 0.25) is 5.95 Å². The van der Waals surface area contributed by atoms with Gasteiger partial charge in [0.15, 0.2) is 5.82 Å². The van der Waals surface area contributed by atoms with Crippen LogP contribution in [-0.4, -0.2) is 61.2 Å². The SMILES string of the molecule is CCCC[C@](C)(c1ccc(-c2cnc(N)nc2)nc1)c1noc(-c2cnc(N3CCNCC3)cn2)n1. The first-order valence-electron chi connectivity index (χ1n) is 12.2. The van der Waals surface area contributed by atoms with Gasteiger partial charge in [-0.15, -0.1) is 0 Å². The predicted molar refractivity (Wildman–Crippen MR) is 136 cm³/mol. The van der Waals surface area contributed by atoms with E-state index in [2.05, 4.69) is 54.1 Å². The number of piperazine rings is 1. The maximum absolute atomic E-state index is 5.65. The largest absolute Gasteiger partial charge is 0.368 e. The summed E-state index contributed by atoms with van der Waals surface area (Å²) in [5, 5.41) is 7.70. The van der Waals surface area contributed by atoms with Gasteiger partial charge >= 0.3 is 0 Å². The fourth-order valence-electron chi connectivity index (χ4n) is 4.32. The summed E-state index contributed by atoms with van der Waals surface area (Å²) < 4.78 is 5.65. The molecule has 1 fully saturated rings. The summed E-state index contributed by atoms with van der Waals surface area (Å²) >= 11 is 0. The fourth-order valence-corrected chi connectivity index (χ4v) is 4.32. The standard InChI is InChI=1S/C25H30N10O/c1-3-4-7-25(2,18-5-6-19(28-14-18)17-12-31-24(26)32-13-17)23-33-22(36-34-23)20-15-30-21(16-29-20)35-10-8-27-9-11-35/h5-6,12-16,27H,3-4,7-11H2,1-2H3,(H2,26,31,32)/t25-/m1/s1. The van der Waals surface area contributed by atoms with Crippen LogP contribution in [0.2, 0.25) is 0 Å². The molecule has 1 saturated heterocycles. The third kappa shape index (κ3) is 4.87. The highest BCUT2D eigenvalue weighted by molar-refractivity contribution is 5.57. The van der Waals surface area contributed by atoms with Gasteiger partial charge in [0, 0.05) is 50.3 Å². The number of anilines is 2. The normalized spacial score (nSPS) is 15.6. The van der Waals surface area contributed by atoms with E-state index in [1.165, 1.54) is 0 Å². The van der Waals surface area contributed by atoms with E-state index in [1.54, 1.807) is 24.8 Å². The molecule has 186 valence electrons. The minimum absolute atomic E-state index is 0.235. The number of nitrogen functional groups attached to an aromatic ring is 1. The zero-order valence-corrected chi connectivity index (χ0v) is 20.6. The molecular weight excluding hydrogens is 456 g/mol. The molecular formula is C25H30N10O. The Morgan fingerprint density at radius 1 is 0.972 bits per heavy atom. The number of unbranched alkanes of at least 4 members (excludes halogenated alkanes) is 1. The molecule has 4 aromatic heterocycles. The van der Waals surface area contributed by atoms with Gasteiger partial charge in [-0.3, -0.25) is 4.98 Å². The molecule has 1 aliphatic heterocycles. The molecule has 11 nitrogen and oxygen atoms in total. The number of aromatic nitrogens is 7. The van der Waals surface area contributed by atoms with Gasteiger partial charge in [-0.1, -0.05) is 31.0 Å². The van der Waals surface area contributed by atoms with Crippen molar-refractivity contribution in [3.05, 3.63) is 54.5 Å². The lowest BCUT2D eigenvalue weighted by Crippen LogP contribution is -2.43. The summed E-state index contributed by atoms with van der Waals surface area (Å²) in [6.45, 7) is 7.99. The minimum atomic E-state index is -0.477. The maximum atomic E-state index is 5.65. The lowest BCUT2D eigenvalue weighted by atomic mass is 9.78. The molecule has 36 heavy (non-hydrogen) atoms. The Kier molecular flexibility index (Phi) is 6.81. The average Bonchev–Trinajstić information content (AvgIpc) is 3.44. The van der Waals surface area contributed by atoms with Crippen molar-refractivity contribution >= 4 is 11.8 Å². The van der Waals surface area contributed by atoms with Crippen molar-refractivity contribution in [3.8, 4) is 22.8 Å². The number of pyridine rings is 1. The zero-order chi connectivity index (χ0) is 25.0. The highest BCUT2D eigenvalue weighted by atomic mass is 16.5. The second-order valence-corrected chi connectivity index (χ2v) is 9.12. The summed E-state index contributed by atoms with van der Waals surface area (Å²) in [5.74, 6) is 2.05. The van der Waals surface area contributed by atoms with E-state index in [0.29, 0.717) is 17.4 Å². The van der Waals surface area contributed by atoms with Crippen molar-refractivity contribution in [3.63, 3.8) is 0 Å². The Hall–Kier alpha value is -3.99. The molecule has 0 radical (unpaired) electrons. The van der Waals surface area contributed by atoms with E-state index >= 15 is 0 Å². The third-order valence-corrected chi connectivity index (χ3v) is 6.62. The monoisotopic (exact) mass is 486 g/mol. The Bertz CT molecular complexity index is 1270. The smallest absolute Gasteiger partial charge is 0.278 e. The van der Waals surface area contributed by atoms with Gasteiger partial charge in [-0.2, -0.15) is 4.98 Å². The number of hydrogen-bond acceptors (Lipinski definition) is 11. The molecule has 1 atom stereocenters. The lowest BCUT2D eigenvalue weighted by molar-refractivity contribution is 0.388. The highest BCUT2D eigenvalue weighted by Gasteiger charge is 2.34. The van der Waals surface area contributed by atoms with Crippen LogP contribution < -0.4 is 16.0 Å². The van der Waals surface area contributed by atoms with Crippen LogP contribution in [0.15, 0.2) is 47.6 Å². The van der Waals surface area contributed by atoms with Gasteiger partial charge in [0.25, 0.3) is 5.89 Å². The summed E-state index contributed by atoms with van der Waals surface area (Å²) in [6, 6.07) is 4.00. The van der Waals surface area contributed by atoms with Gasteiger partial charge in [0.05, 0.1) is 23.5 Å². The molecule has 4 aromatic rings. The van der Waals surface area contributed by atoms with Crippen LogP contribution in [0.4, 0.5) is 11.8 Å². The molecule has 0 saturated carbocycles.